The number of rotatable bonds is 2. The summed E-state index contributed by atoms with van der Waals surface area (Å²) in [7, 11) is 0. The lowest BCUT2D eigenvalue weighted by Gasteiger charge is -2.30. The summed E-state index contributed by atoms with van der Waals surface area (Å²) in [6.45, 7) is 3.62. The molecular formula is C16H17ClN2O. The topological polar surface area (TPSA) is 35.5 Å². The van der Waals surface area contributed by atoms with E-state index in [-0.39, 0.29) is 5.75 Å². The van der Waals surface area contributed by atoms with Crippen LogP contribution in [0.25, 0.3) is 11.1 Å². The van der Waals surface area contributed by atoms with E-state index in [2.05, 4.69) is 10.2 Å². The highest BCUT2D eigenvalue weighted by atomic mass is 35.5. The van der Waals surface area contributed by atoms with Crippen LogP contribution in [0, 0.1) is 0 Å². The lowest BCUT2D eigenvalue weighted by atomic mass is 10.0. The van der Waals surface area contributed by atoms with Crippen LogP contribution in [0.2, 0.25) is 5.02 Å². The molecule has 0 aromatic heterocycles. The Kier molecular flexibility index (Phi) is 3.81. The Balaban J connectivity index is 1.98. The standard InChI is InChI=1S/C16H17ClN2O/c17-14-11-15(19-8-6-18-7-9-19)16(20)10-13(14)12-4-2-1-3-5-12/h1-5,10-11,18,20H,6-9H2. The van der Waals surface area contributed by atoms with Gasteiger partial charge in [0.1, 0.15) is 5.75 Å². The van der Waals surface area contributed by atoms with Crippen LogP contribution in [-0.4, -0.2) is 31.3 Å². The minimum Gasteiger partial charge on any atom is -0.506 e. The molecule has 0 spiro atoms. The predicted molar refractivity (Wildman–Crippen MR) is 83.6 cm³/mol. The number of hydrogen-bond donors (Lipinski definition) is 2. The van der Waals surface area contributed by atoms with Crippen LogP contribution in [-0.2, 0) is 0 Å². The van der Waals surface area contributed by atoms with Gasteiger partial charge in [0.15, 0.2) is 0 Å². The zero-order valence-electron chi connectivity index (χ0n) is 11.1. The number of aromatic hydroxyl groups is 1. The maximum absolute atomic E-state index is 10.3. The van der Waals surface area contributed by atoms with Gasteiger partial charge in [0.05, 0.1) is 10.7 Å². The van der Waals surface area contributed by atoms with Crippen LogP contribution in [0.1, 0.15) is 0 Å². The molecule has 2 aromatic carbocycles. The quantitative estimate of drug-likeness (QED) is 0.891. The Morgan fingerprint density at radius 1 is 1.05 bits per heavy atom. The average molecular weight is 289 g/mol. The predicted octanol–water partition coefficient (Wildman–Crippen LogP) is 3.12. The summed E-state index contributed by atoms with van der Waals surface area (Å²) in [5, 5.41) is 14.3. The molecule has 2 aromatic rings. The molecule has 3 rings (SSSR count). The smallest absolute Gasteiger partial charge is 0.139 e. The van der Waals surface area contributed by atoms with Crippen LogP contribution in [0.15, 0.2) is 42.5 Å². The second kappa shape index (κ2) is 5.73. The van der Waals surface area contributed by atoms with Gasteiger partial charge >= 0.3 is 0 Å². The number of phenols is 1. The van der Waals surface area contributed by atoms with Crippen molar-refractivity contribution in [2.45, 2.75) is 0 Å². The molecule has 104 valence electrons. The molecular weight excluding hydrogens is 272 g/mol. The van der Waals surface area contributed by atoms with Gasteiger partial charge in [0.2, 0.25) is 0 Å². The molecule has 1 aliphatic heterocycles. The van der Waals surface area contributed by atoms with Gasteiger partial charge in [0.25, 0.3) is 0 Å². The van der Waals surface area contributed by atoms with Crippen molar-refractivity contribution in [2.24, 2.45) is 0 Å². The van der Waals surface area contributed by atoms with E-state index in [4.69, 9.17) is 11.6 Å². The Morgan fingerprint density at radius 2 is 1.75 bits per heavy atom. The summed E-state index contributed by atoms with van der Waals surface area (Å²) in [5.74, 6) is 0.287. The first kappa shape index (κ1) is 13.3. The highest BCUT2D eigenvalue weighted by Crippen LogP contribution is 2.38. The summed E-state index contributed by atoms with van der Waals surface area (Å²) in [6, 6.07) is 13.5. The molecule has 0 bridgehead atoms. The SMILES string of the molecule is Oc1cc(-c2ccccc2)c(Cl)cc1N1CCNCC1. The van der Waals surface area contributed by atoms with Crippen LogP contribution in [0.5, 0.6) is 5.75 Å². The second-order valence-electron chi connectivity index (χ2n) is 4.92. The summed E-state index contributed by atoms with van der Waals surface area (Å²) in [5.41, 5.74) is 2.69. The Bertz CT molecular complexity index is 595. The van der Waals surface area contributed by atoms with Gasteiger partial charge in [-0.3, -0.25) is 0 Å². The van der Waals surface area contributed by atoms with Gasteiger partial charge in [-0.25, -0.2) is 0 Å². The van der Waals surface area contributed by atoms with Gasteiger partial charge in [0, 0.05) is 31.7 Å². The number of nitrogens with zero attached hydrogens (tertiary/aromatic N) is 1. The van der Waals surface area contributed by atoms with Gasteiger partial charge in [-0.1, -0.05) is 41.9 Å². The average Bonchev–Trinajstić information content (AvgIpc) is 2.51. The molecule has 2 N–H and O–H groups in total. The third kappa shape index (κ3) is 2.60. The van der Waals surface area contributed by atoms with Crippen molar-refractivity contribution >= 4 is 17.3 Å². The fourth-order valence-electron chi connectivity index (χ4n) is 2.55. The van der Waals surface area contributed by atoms with Gasteiger partial charge in [-0.2, -0.15) is 0 Å². The molecule has 3 nitrogen and oxygen atoms in total. The van der Waals surface area contributed by atoms with Gasteiger partial charge in [-0.05, 0) is 17.7 Å². The third-order valence-electron chi connectivity index (χ3n) is 3.61. The van der Waals surface area contributed by atoms with Crippen molar-refractivity contribution in [2.75, 3.05) is 31.1 Å². The monoisotopic (exact) mass is 288 g/mol. The van der Waals surface area contributed by atoms with E-state index in [0.29, 0.717) is 5.02 Å². The molecule has 1 heterocycles. The molecule has 0 radical (unpaired) electrons. The van der Waals surface area contributed by atoms with Gasteiger partial charge < -0.3 is 15.3 Å². The number of hydrogen-bond acceptors (Lipinski definition) is 3. The zero-order chi connectivity index (χ0) is 13.9. The maximum atomic E-state index is 10.3. The molecule has 0 amide bonds. The lowest BCUT2D eigenvalue weighted by molar-refractivity contribution is 0.471. The number of anilines is 1. The van der Waals surface area contributed by atoms with Crippen molar-refractivity contribution in [3.8, 4) is 16.9 Å². The normalized spacial score (nSPS) is 15.3. The molecule has 0 aliphatic carbocycles. The van der Waals surface area contributed by atoms with E-state index in [9.17, 15) is 5.11 Å². The van der Waals surface area contributed by atoms with Crippen molar-refractivity contribution < 1.29 is 5.11 Å². The first-order valence-electron chi connectivity index (χ1n) is 6.79. The fourth-order valence-corrected chi connectivity index (χ4v) is 2.82. The summed E-state index contributed by atoms with van der Waals surface area (Å²) >= 11 is 6.40. The Labute approximate surface area is 123 Å². The van der Waals surface area contributed by atoms with Crippen molar-refractivity contribution in [3.05, 3.63) is 47.5 Å². The molecule has 1 saturated heterocycles. The molecule has 0 saturated carbocycles. The number of nitrogens with one attached hydrogen (secondary N) is 1. The van der Waals surface area contributed by atoms with Crippen molar-refractivity contribution in [1.29, 1.82) is 0 Å². The number of piperazine rings is 1. The van der Waals surface area contributed by atoms with Crippen LogP contribution >= 0.6 is 11.6 Å². The maximum Gasteiger partial charge on any atom is 0.139 e. The Hall–Kier alpha value is -1.71. The summed E-state index contributed by atoms with van der Waals surface area (Å²) in [6.07, 6.45) is 0. The minimum absolute atomic E-state index is 0.287. The summed E-state index contributed by atoms with van der Waals surface area (Å²) in [4.78, 5) is 2.16. The summed E-state index contributed by atoms with van der Waals surface area (Å²) < 4.78 is 0. The second-order valence-corrected chi connectivity index (χ2v) is 5.33. The van der Waals surface area contributed by atoms with Crippen LogP contribution in [0.3, 0.4) is 0 Å². The first-order valence-corrected chi connectivity index (χ1v) is 7.17. The molecule has 1 fully saturated rings. The zero-order valence-corrected chi connectivity index (χ0v) is 11.9. The highest BCUT2D eigenvalue weighted by Gasteiger charge is 2.16. The minimum atomic E-state index is 0.287. The van der Waals surface area contributed by atoms with E-state index in [1.165, 1.54) is 0 Å². The number of halogens is 1. The van der Waals surface area contributed by atoms with Crippen molar-refractivity contribution in [1.82, 2.24) is 5.32 Å². The first-order chi connectivity index (χ1) is 9.75. The highest BCUT2D eigenvalue weighted by molar-refractivity contribution is 6.33. The Morgan fingerprint density at radius 3 is 2.45 bits per heavy atom. The molecule has 1 aliphatic rings. The molecule has 20 heavy (non-hydrogen) atoms. The van der Waals surface area contributed by atoms with E-state index < -0.39 is 0 Å². The van der Waals surface area contributed by atoms with Crippen LogP contribution in [0.4, 0.5) is 5.69 Å². The van der Waals surface area contributed by atoms with Crippen molar-refractivity contribution in [3.63, 3.8) is 0 Å². The molecule has 0 unspecified atom stereocenters. The third-order valence-corrected chi connectivity index (χ3v) is 3.92. The van der Waals surface area contributed by atoms with Crippen LogP contribution < -0.4 is 10.2 Å². The van der Waals surface area contributed by atoms with Gasteiger partial charge in [-0.15, -0.1) is 0 Å². The van der Waals surface area contributed by atoms with E-state index in [1.807, 2.05) is 36.4 Å². The van der Waals surface area contributed by atoms with E-state index >= 15 is 0 Å². The molecule has 4 heteroatoms. The molecule has 0 atom stereocenters. The fraction of sp³-hybridized carbons (Fsp3) is 0.250. The number of phenolic OH excluding ortho intramolecular Hbond substituents is 1. The largest absolute Gasteiger partial charge is 0.506 e. The lowest BCUT2D eigenvalue weighted by Crippen LogP contribution is -2.43. The van der Waals surface area contributed by atoms with E-state index in [1.54, 1.807) is 6.07 Å². The van der Waals surface area contributed by atoms with E-state index in [0.717, 1.165) is 43.0 Å². The number of benzene rings is 2.